The number of ether oxygens (including phenoxy) is 2. The number of likely N-dealkylation sites (tertiary alicyclic amines) is 2. The number of nitrogens with one attached hydrogen (secondary N) is 1. The summed E-state index contributed by atoms with van der Waals surface area (Å²) in [5.74, 6) is -2.57. The minimum atomic E-state index is -5.02. The Morgan fingerprint density at radius 3 is 2.24 bits per heavy atom. The zero-order valence-corrected chi connectivity index (χ0v) is 23.7. The number of piperidine rings is 1. The van der Waals surface area contributed by atoms with E-state index in [1.54, 1.807) is 24.3 Å². The van der Waals surface area contributed by atoms with Crippen molar-refractivity contribution in [2.75, 3.05) is 31.5 Å². The number of alkyl halides is 3. The van der Waals surface area contributed by atoms with Crippen molar-refractivity contribution < 1.29 is 37.3 Å². The van der Waals surface area contributed by atoms with Gasteiger partial charge in [-0.3, -0.25) is 9.59 Å². The molecule has 0 spiro atoms. The Kier molecular flexibility index (Phi) is 9.51. The number of hydrogen-bond donors (Lipinski definition) is 2. The van der Waals surface area contributed by atoms with E-state index in [1.807, 2.05) is 24.3 Å². The third kappa shape index (κ3) is 6.96. The molecule has 3 fully saturated rings. The van der Waals surface area contributed by atoms with Crippen molar-refractivity contribution in [3.8, 4) is 0 Å². The summed E-state index contributed by atoms with van der Waals surface area (Å²) in [5, 5.41) is 12.1. The van der Waals surface area contributed by atoms with Gasteiger partial charge in [-0.2, -0.15) is 13.2 Å². The van der Waals surface area contributed by atoms with Crippen LogP contribution in [0.4, 0.5) is 18.9 Å². The summed E-state index contributed by atoms with van der Waals surface area (Å²) in [6.45, 7) is 4.85. The molecule has 3 aliphatic heterocycles. The highest BCUT2D eigenvalue weighted by Crippen LogP contribution is 2.42. The van der Waals surface area contributed by atoms with Crippen molar-refractivity contribution in [3.05, 3.63) is 65.2 Å². The van der Waals surface area contributed by atoms with Gasteiger partial charge in [-0.1, -0.05) is 49.7 Å². The molecular formula is C31H38F3N3O5. The summed E-state index contributed by atoms with van der Waals surface area (Å²) in [6.07, 6.45) is -1.95. The Labute approximate surface area is 243 Å². The highest BCUT2D eigenvalue weighted by Gasteiger charge is 2.47. The fourth-order valence-electron chi connectivity index (χ4n) is 6.12. The smallest absolute Gasteiger partial charge is 0.392 e. The molecule has 0 saturated carbocycles. The maximum absolute atomic E-state index is 13.0. The minimum absolute atomic E-state index is 0.0367. The van der Waals surface area contributed by atoms with Gasteiger partial charge in [0.2, 0.25) is 5.91 Å². The predicted molar refractivity (Wildman–Crippen MR) is 149 cm³/mol. The maximum Gasteiger partial charge on any atom is 0.471 e. The molecule has 2 N–H and O–H groups in total. The Hall–Kier alpha value is -2.99. The largest absolute Gasteiger partial charge is 0.471 e. The molecule has 0 bridgehead atoms. The number of aliphatic hydroxyl groups excluding tert-OH is 1. The third-order valence-corrected chi connectivity index (χ3v) is 8.52. The highest BCUT2D eigenvalue weighted by molar-refractivity contribution is 5.98. The first kappa shape index (κ1) is 30.5. The lowest BCUT2D eigenvalue weighted by atomic mass is 9.89. The zero-order valence-electron chi connectivity index (χ0n) is 23.7. The fourth-order valence-corrected chi connectivity index (χ4v) is 6.12. The number of carbonyl (C=O) groups excluding carboxylic acids is 2. The van der Waals surface area contributed by atoms with Crippen molar-refractivity contribution in [1.29, 1.82) is 0 Å². The molecular weight excluding hydrogens is 551 g/mol. The van der Waals surface area contributed by atoms with Gasteiger partial charge in [-0.15, -0.1) is 0 Å². The fraction of sp³-hybridized carbons (Fsp3) is 0.548. The molecule has 0 unspecified atom stereocenters. The van der Waals surface area contributed by atoms with Gasteiger partial charge in [0.25, 0.3) is 0 Å². The van der Waals surface area contributed by atoms with E-state index in [-0.39, 0.29) is 37.7 Å². The second kappa shape index (κ2) is 13.1. The average molecular weight is 590 g/mol. The summed E-state index contributed by atoms with van der Waals surface area (Å²) in [4.78, 5) is 27.6. The number of carbonyl (C=O) groups is 2. The number of benzene rings is 2. The quantitative estimate of drug-likeness (QED) is 0.475. The molecule has 228 valence electrons. The first-order valence-electron chi connectivity index (χ1n) is 14.7. The highest BCUT2D eigenvalue weighted by atomic mass is 19.4. The van der Waals surface area contributed by atoms with Gasteiger partial charge in [-0.25, -0.2) is 0 Å². The van der Waals surface area contributed by atoms with E-state index >= 15 is 0 Å². The number of rotatable bonds is 7. The van der Waals surface area contributed by atoms with Crippen LogP contribution < -0.4 is 5.32 Å². The molecule has 2 aromatic carbocycles. The third-order valence-electron chi connectivity index (χ3n) is 8.52. The molecule has 0 radical (unpaired) electrons. The van der Waals surface area contributed by atoms with E-state index in [0.717, 1.165) is 36.3 Å². The molecule has 0 aliphatic carbocycles. The average Bonchev–Trinajstić information content (AvgIpc) is 3.48. The molecule has 3 heterocycles. The number of aliphatic hydroxyl groups is 1. The van der Waals surface area contributed by atoms with Crippen molar-refractivity contribution in [3.63, 3.8) is 0 Å². The van der Waals surface area contributed by atoms with E-state index < -0.39 is 30.3 Å². The van der Waals surface area contributed by atoms with Crippen molar-refractivity contribution in [2.24, 2.45) is 5.92 Å². The lowest BCUT2D eigenvalue weighted by molar-refractivity contribution is -0.276. The standard InChI is InChI=1S/C31H38F3N3O5/c1-20-26(18-36-15-3-2-4-16-36)41-29(42-27(20)22-9-7-21(19-38)8-10-22)23-11-13-24(14-12-23)35-28(39)25-6-5-17-37(25)30(40)31(32,33)34/h7-14,20,25-27,29,38H,2-6,15-19H2,1H3,(H,35,39)/t20-,25+,26+,27+,29+/m1/s1. The second-order valence-electron chi connectivity index (χ2n) is 11.4. The van der Waals surface area contributed by atoms with Gasteiger partial charge in [0.05, 0.1) is 18.8 Å². The lowest BCUT2D eigenvalue weighted by Crippen LogP contribution is -2.48. The molecule has 2 aromatic rings. The van der Waals surface area contributed by atoms with Crippen LogP contribution in [0.2, 0.25) is 0 Å². The van der Waals surface area contributed by atoms with E-state index in [0.29, 0.717) is 17.0 Å². The van der Waals surface area contributed by atoms with Crippen LogP contribution in [-0.4, -0.2) is 71.2 Å². The van der Waals surface area contributed by atoms with Crippen LogP contribution in [0.3, 0.4) is 0 Å². The number of hydrogen-bond acceptors (Lipinski definition) is 6. The number of amides is 2. The summed E-state index contributed by atoms with van der Waals surface area (Å²) >= 11 is 0. The van der Waals surface area contributed by atoms with Crippen LogP contribution in [0.5, 0.6) is 0 Å². The lowest BCUT2D eigenvalue weighted by Gasteiger charge is -2.43. The molecule has 11 heteroatoms. The minimum Gasteiger partial charge on any atom is -0.392 e. The summed E-state index contributed by atoms with van der Waals surface area (Å²) in [5.41, 5.74) is 2.96. The van der Waals surface area contributed by atoms with E-state index in [1.165, 1.54) is 19.3 Å². The zero-order chi connectivity index (χ0) is 29.9. The van der Waals surface area contributed by atoms with Crippen LogP contribution in [0.15, 0.2) is 48.5 Å². The van der Waals surface area contributed by atoms with Crippen LogP contribution in [0.25, 0.3) is 0 Å². The molecule has 3 aliphatic rings. The molecule has 0 aromatic heterocycles. The SMILES string of the molecule is C[C@@H]1[C@H](CN2CCCCC2)O[C@H](c2ccc(NC(=O)[C@@H]3CCCN3C(=O)C(F)(F)F)cc2)O[C@@H]1c1ccc(CO)cc1. The van der Waals surface area contributed by atoms with Crippen LogP contribution in [0.1, 0.15) is 68.1 Å². The van der Waals surface area contributed by atoms with Crippen LogP contribution in [0, 0.1) is 5.92 Å². The first-order valence-corrected chi connectivity index (χ1v) is 14.7. The monoisotopic (exact) mass is 589 g/mol. The molecule has 5 rings (SSSR count). The van der Waals surface area contributed by atoms with Crippen molar-refractivity contribution >= 4 is 17.5 Å². The summed E-state index contributed by atoms with van der Waals surface area (Å²) < 4.78 is 52.0. The first-order chi connectivity index (χ1) is 20.1. The van der Waals surface area contributed by atoms with E-state index in [4.69, 9.17) is 9.47 Å². The topological polar surface area (TPSA) is 91.3 Å². The Balaban J connectivity index is 1.30. The number of anilines is 1. The number of nitrogens with zero attached hydrogens (tertiary/aromatic N) is 2. The van der Waals surface area contributed by atoms with Crippen LogP contribution >= 0.6 is 0 Å². The second-order valence-corrected chi connectivity index (χ2v) is 11.4. The Morgan fingerprint density at radius 1 is 0.929 bits per heavy atom. The molecule has 8 nitrogen and oxygen atoms in total. The van der Waals surface area contributed by atoms with Gasteiger partial charge < -0.3 is 29.7 Å². The molecule has 5 atom stereocenters. The summed E-state index contributed by atoms with van der Waals surface area (Å²) in [7, 11) is 0. The van der Waals surface area contributed by atoms with E-state index in [9.17, 15) is 27.9 Å². The van der Waals surface area contributed by atoms with Gasteiger partial charge in [0.15, 0.2) is 6.29 Å². The van der Waals surface area contributed by atoms with Crippen molar-refractivity contribution in [2.45, 2.75) is 76.4 Å². The Morgan fingerprint density at radius 2 is 1.60 bits per heavy atom. The van der Waals surface area contributed by atoms with Gasteiger partial charge in [-0.05, 0) is 62.0 Å². The van der Waals surface area contributed by atoms with E-state index in [2.05, 4.69) is 17.1 Å². The van der Waals surface area contributed by atoms with Gasteiger partial charge in [0.1, 0.15) is 6.04 Å². The van der Waals surface area contributed by atoms with Gasteiger partial charge >= 0.3 is 12.1 Å². The van der Waals surface area contributed by atoms with Crippen molar-refractivity contribution in [1.82, 2.24) is 9.80 Å². The van der Waals surface area contributed by atoms with Gasteiger partial charge in [0, 0.05) is 30.3 Å². The molecule has 42 heavy (non-hydrogen) atoms. The number of halogens is 3. The molecule has 2 amide bonds. The van der Waals surface area contributed by atoms with Crippen LogP contribution in [-0.2, 0) is 25.7 Å². The Bertz CT molecular complexity index is 1220. The normalized spacial score (nSPS) is 27.2. The predicted octanol–water partition coefficient (Wildman–Crippen LogP) is 4.95. The summed E-state index contributed by atoms with van der Waals surface area (Å²) in [6, 6.07) is 13.4. The molecule has 3 saturated heterocycles. The maximum atomic E-state index is 13.0.